The molecule has 0 amide bonds. The summed E-state index contributed by atoms with van der Waals surface area (Å²) in [6.45, 7) is 1.48. The maximum Gasteiger partial charge on any atom is 0.308 e. The Morgan fingerprint density at radius 1 is 0.957 bits per heavy atom. The number of carbonyl (C=O) groups is 1. The van der Waals surface area contributed by atoms with Gasteiger partial charge in [-0.3, -0.25) is 4.79 Å². The van der Waals surface area contributed by atoms with Gasteiger partial charge in [-0.2, -0.15) is 0 Å². The molecule has 3 rings (SSSR count). The van der Waals surface area contributed by atoms with Gasteiger partial charge in [0.05, 0.1) is 0 Å². The van der Waals surface area contributed by atoms with Crippen LogP contribution in [0.15, 0.2) is 66.2 Å². The van der Waals surface area contributed by atoms with E-state index in [1.54, 1.807) is 0 Å². The third-order valence-electron chi connectivity index (χ3n) is 4.38. The molecule has 0 heterocycles. The fourth-order valence-corrected chi connectivity index (χ4v) is 3.38. The first-order valence-electron chi connectivity index (χ1n) is 8.27. The molecule has 0 aliphatic heterocycles. The molecule has 1 fully saturated rings. The molecule has 1 saturated carbocycles. The Labute approximate surface area is 137 Å². The zero-order chi connectivity index (χ0) is 16.1. The lowest BCUT2D eigenvalue weighted by molar-refractivity contribution is -0.134. The van der Waals surface area contributed by atoms with Gasteiger partial charge in [-0.05, 0) is 30.4 Å². The van der Waals surface area contributed by atoms with Crippen molar-refractivity contribution < 1.29 is 9.53 Å². The van der Waals surface area contributed by atoms with Gasteiger partial charge in [0.15, 0.2) is 0 Å². The fourth-order valence-electron chi connectivity index (χ4n) is 3.38. The van der Waals surface area contributed by atoms with E-state index in [9.17, 15) is 4.79 Å². The largest absolute Gasteiger partial charge is 0.426 e. The highest BCUT2D eigenvalue weighted by Crippen LogP contribution is 2.41. The van der Waals surface area contributed by atoms with E-state index in [-0.39, 0.29) is 5.97 Å². The number of carbonyl (C=O) groups excluding carboxylic acids is 1. The summed E-state index contributed by atoms with van der Waals surface area (Å²) in [6, 6.07) is 20.5. The first-order chi connectivity index (χ1) is 11.3. The molecule has 118 valence electrons. The van der Waals surface area contributed by atoms with Crippen LogP contribution in [0.1, 0.15) is 49.7 Å². The predicted molar refractivity (Wildman–Crippen MR) is 92.8 cm³/mol. The van der Waals surface area contributed by atoms with Gasteiger partial charge in [0.2, 0.25) is 0 Å². The minimum absolute atomic E-state index is 0.256. The summed E-state index contributed by atoms with van der Waals surface area (Å²) in [4.78, 5) is 11.7. The zero-order valence-corrected chi connectivity index (χ0v) is 13.5. The van der Waals surface area contributed by atoms with Crippen molar-refractivity contribution >= 4 is 11.7 Å². The van der Waals surface area contributed by atoms with Crippen LogP contribution in [0.5, 0.6) is 0 Å². The summed E-state index contributed by atoms with van der Waals surface area (Å²) in [5.74, 6) is 0.833. The van der Waals surface area contributed by atoms with Gasteiger partial charge in [0.25, 0.3) is 0 Å². The van der Waals surface area contributed by atoms with Gasteiger partial charge < -0.3 is 4.74 Å². The molecule has 0 spiro atoms. The molecule has 1 unspecified atom stereocenters. The van der Waals surface area contributed by atoms with Gasteiger partial charge >= 0.3 is 5.97 Å². The summed E-state index contributed by atoms with van der Waals surface area (Å²) in [6.07, 6.45) is 4.45. The summed E-state index contributed by atoms with van der Waals surface area (Å²) in [7, 11) is 0. The lowest BCUT2D eigenvalue weighted by Crippen LogP contribution is -2.13. The quantitative estimate of drug-likeness (QED) is 0.567. The molecule has 0 radical (unpaired) electrons. The van der Waals surface area contributed by atoms with E-state index in [1.165, 1.54) is 24.5 Å². The molecule has 2 nitrogen and oxygen atoms in total. The summed E-state index contributed by atoms with van der Waals surface area (Å²) in [5.41, 5.74) is 3.55. The van der Waals surface area contributed by atoms with E-state index in [2.05, 4.69) is 24.3 Å². The molecule has 1 atom stereocenters. The average molecular weight is 306 g/mol. The first-order valence-corrected chi connectivity index (χ1v) is 8.27. The van der Waals surface area contributed by atoms with Crippen LogP contribution in [0.2, 0.25) is 0 Å². The Morgan fingerprint density at radius 2 is 1.61 bits per heavy atom. The minimum atomic E-state index is -0.256. The van der Waals surface area contributed by atoms with Crippen molar-refractivity contribution in [2.45, 2.75) is 38.5 Å². The molecule has 0 saturated heterocycles. The first kappa shape index (κ1) is 15.5. The van der Waals surface area contributed by atoms with Crippen LogP contribution < -0.4 is 0 Å². The summed E-state index contributed by atoms with van der Waals surface area (Å²) < 4.78 is 5.67. The van der Waals surface area contributed by atoms with Crippen molar-refractivity contribution in [3.05, 3.63) is 77.4 Å². The van der Waals surface area contributed by atoms with E-state index in [1.807, 2.05) is 36.4 Å². The van der Waals surface area contributed by atoms with E-state index in [4.69, 9.17) is 4.74 Å². The monoisotopic (exact) mass is 306 g/mol. The number of benzene rings is 2. The van der Waals surface area contributed by atoms with Crippen molar-refractivity contribution in [1.82, 2.24) is 0 Å². The number of ether oxygens (including phenoxy) is 1. The molecular weight excluding hydrogens is 284 g/mol. The maximum absolute atomic E-state index is 11.7. The highest BCUT2D eigenvalue weighted by Gasteiger charge is 2.26. The predicted octanol–water partition coefficient (Wildman–Crippen LogP) is 5.32. The third-order valence-corrected chi connectivity index (χ3v) is 4.38. The highest BCUT2D eigenvalue weighted by molar-refractivity contribution is 5.78. The zero-order valence-electron chi connectivity index (χ0n) is 13.5. The van der Waals surface area contributed by atoms with Crippen LogP contribution in [-0.2, 0) is 9.53 Å². The smallest absolute Gasteiger partial charge is 0.308 e. The van der Waals surface area contributed by atoms with Crippen molar-refractivity contribution in [2.75, 3.05) is 0 Å². The van der Waals surface area contributed by atoms with E-state index in [0.29, 0.717) is 5.92 Å². The van der Waals surface area contributed by atoms with E-state index in [0.717, 1.165) is 30.6 Å². The number of rotatable bonds is 3. The highest BCUT2D eigenvalue weighted by atomic mass is 16.5. The van der Waals surface area contributed by atoms with Gasteiger partial charge in [0.1, 0.15) is 5.76 Å². The van der Waals surface area contributed by atoms with Crippen LogP contribution in [0, 0.1) is 0 Å². The minimum Gasteiger partial charge on any atom is -0.426 e. The standard InChI is InChI=1S/C21H22O2/c1-16(22)23-21(18-12-6-3-7-13-18)20-15-9-8-14-19(20)17-10-4-2-5-11-17/h2-7,10-13,19H,8-9,14-15H2,1H3/b21-20+. The van der Waals surface area contributed by atoms with E-state index < -0.39 is 0 Å². The Kier molecular flexibility index (Phi) is 4.92. The molecule has 0 bridgehead atoms. The third kappa shape index (κ3) is 3.70. The normalized spacial score (nSPS) is 20.0. The molecule has 0 N–H and O–H groups in total. The molecule has 23 heavy (non-hydrogen) atoms. The molecular formula is C21H22O2. The lowest BCUT2D eigenvalue weighted by Gasteiger charge is -2.28. The second-order valence-corrected chi connectivity index (χ2v) is 6.02. The molecule has 2 heteroatoms. The number of esters is 1. The topological polar surface area (TPSA) is 26.3 Å². The molecule has 1 aliphatic carbocycles. The van der Waals surface area contributed by atoms with Crippen molar-refractivity contribution in [1.29, 1.82) is 0 Å². The second-order valence-electron chi connectivity index (χ2n) is 6.02. The summed E-state index contributed by atoms with van der Waals surface area (Å²) in [5, 5.41) is 0. The SMILES string of the molecule is CC(=O)O/C(=C1\CCCCC1c1ccccc1)c1ccccc1. The number of hydrogen-bond donors (Lipinski definition) is 0. The lowest BCUT2D eigenvalue weighted by atomic mass is 9.78. The number of hydrogen-bond acceptors (Lipinski definition) is 2. The van der Waals surface area contributed by atoms with Gasteiger partial charge in [0, 0.05) is 18.4 Å². The van der Waals surface area contributed by atoms with Crippen LogP contribution in [-0.4, -0.2) is 5.97 Å². The van der Waals surface area contributed by atoms with Crippen molar-refractivity contribution in [3.8, 4) is 0 Å². The van der Waals surface area contributed by atoms with Crippen LogP contribution >= 0.6 is 0 Å². The molecule has 0 aromatic heterocycles. The Bertz CT molecular complexity index is 686. The van der Waals surface area contributed by atoms with E-state index >= 15 is 0 Å². The number of allylic oxidation sites excluding steroid dienone is 1. The van der Waals surface area contributed by atoms with Gasteiger partial charge in [-0.25, -0.2) is 0 Å². The maximum atomic E-state index is 11.7. The molecule has 1 aliphatic rings. The fraction of sp³-hybridized carbons (Fsp3) is 0.286. The molecule has 2 aromatic carbocycles. The second kappa shape index (κ2) is 7.28. The summed E-state index contributed by atoms with van der Waals surface area (Å²) >= 11 is 0. The van der Waals surface area contributed by atoms with Crippen LogP contribution in [0.4, 0.5) is 0 Å². The Balaban J connectivity index is 2.09. The van der Waals surface area contributed by atoms with Crippen LogP contribution in [0.3, 0.4) is 0 Å². The molecule has 2 aromatic rings. The van der Waals surface area contributed by atoms with Gasteiger partial charge in [-0.15, -0.1) is 0 Å². The Hall–Kier alpha value is -2.35. The van der Waals surface area contributed by atoms with Crippen molar-refractivity contribution in [3.63, 3.8) is 0 Å². The van der Waals surface area contributed by atoms with Gasteiger partial charge in [-0.1, -0.05) is 67.1 Å². The average Bonchev–Trinajstić information content (AvgIpc) is 2.61. The Morgan fingerprint density at radius 3 is 2.26 bits per heavy atom. The van der Waals surface area contributed by atoms with Crippen LogP contribution in [0.25, 0.3) is 5.76 Å². The van der Waals surface area contributed by atoms with Crippen molar-refractivity contribution in [2.24, 2.45) is 0 Å².